The van der Waals surface area contributed by atoms with Gasteiger partial charge in [0.2, 0.25) is 0 Å². The summed E-state index contributed by atoms with van der Waals surface area (Å²) in [6, 6.07) is 0. The molecule has 0 rings (SSSR count). The third-order valence-corrected chi connectivity index (χ3v) is 0.515. The molecule has 0 aromatic carbocycles. The predicted octanol–water partition coefficient (Wildman–Crippen LogP) is -4.93. The van der Waals surface area contributed by atoms with E-state index in [9.17, 15) is 23.7 Å². The Bertz CT molecular complexity index is 162. The largest absolute Gasteiger partial charge is 1.00 e. The van der Waals surface area contributed by atoms with Crippen molar-refractivity contribution in [2.24, 2.45) is 0 Å². The van der Waals surface area contributed by atoms with Crippen molar-refractivity contribution in [3.63, 3.8) is 0 Å². The normalized spacial score (nSPS) is 8.17. The standard InChI is InChI=1S/C2HBF2O6.Li/c4-10-3(11-5)9-2(8)1(6)7;/h(H,6,7);/q;+1/p-1. The van der Waals surface area contributed by atoms with Crippen molar-refractivity contribution in [2.45, 2.75) is 0 Å². The molecule has 0 unspecified atom stereocenters. The van der Waals surface area contributed by atoms with Crippen LogP contribution in [0.3, 0.4) is 0 Å². The van der Waals surface area contributed by atoms with Gasteiger partial charge in [-0.25, -0.2) is 4.79 Å². The maximum absolute atomic E-state index is 10.9. The summed E-state index contributed by atoms with van der Waals surface area (Å²) in [5, 5.41) is 9.52. The third kappa shape index (κ3) is 5.09. The number of halogens is 2. The van der Waals surface area contributed by atoms with Crippen LogP contribution < -0.4 is 24.0 Å². The van der Waals surface area contributed by atoms with E-state index in [2.05, 4.69) is 14.4 Å². The molecule has 10 heteroatoms. The van der Waals surface area contributed by atoms with Gasteiger partial charge in [0, 0.05) is 0 Å². The topological polar surface area (TPSA) is 84.9 Å². The van der Waals surface area contributed by atoms with Gasteiger partial charge in [-0.3, -0.25) is 0 Å². The zero-order valence-corrected chi connectivity index (χ0v) is 5.78. The molecule has 0 saturated heterocycles. The molecule has 0 atom stereocenters. The van der Waals surface area contributed by atoms with Crippen molar-refractivity contribution in [1.29, 1.82) is 0 Å². The maximum Gasteiger partial charge on any atom is 1.00 e. The van der Waals surface area contributed by atoms with Gasteiger partial charge >= 0.3 is 32.2 Å². The van der Waals surface area contributed by atoms with E-state index in [-0.39, 0.29) is 18.9 Å². The second kappa shape index (κ2) is 7.05. The number of carbonyl (C=O) groups is 2. The molecule has 0 radical (unpaired) electrons. The Kier molecular flexibility index (Phi) is 8.19. The van der Waals surface area contributed by atoms with Crippen LogP contribution in [0.4, 0.5) is 9.05 Å². The molecule has 0 aromatic rings. The van der Waals surface area contributed by atoms with Crippen molar-refractivity contribution in [1.82, 2.24) is 0 Å². The number of hydrogen-bond donors (Lipinski definition) is 0. The number of carboxylic acids is 1. The fraction of sp³-hybridized carbons (Fsp3) is 0. The minimum atomic E-state index is -2.64. The Morgan fingerprint density at radius 1 is 1.25 bits per heavy atom. The van der Waals surface area contributed by atoms with E-state index in [0.29, 0.717) is 0 Å². The molecule has 0 N–H and O–H groups in total. The molecule has 0 bridgehead atoms. The van der Waals surface area contributed by atoms with Crippen LogP contribution in [0.2, 0.25) is 0 Å². The summed E-state index contributed by atoms with van der Waals surface area (Å²) in [7, 11) is -2.64. The molecule has 0 aliphatic heterocycles. The van der Waals surface area contributed by atoms with Gasteiger partial charge in [-0.15, -0.1) is 0 Å². The van der Waals surface area contributed by atoms with E-state index >= 15 is 0 Å². The molecule has 0 amide bonds. The molecule has 0 saturated carbocycles. The minimum Gasteiger partial charge on any atom is -0.539 e. The van der Waals surface area contributed by atoms with Crippen LogP contribution in [0.25, 0.3) is 0 Å². The molecular formula is C2BF2LiO6. The predicted molar refractivity (Wildman–Crippen MR) is 21.2 cm³/mol. The fourth-order valence-corrected chi connectivity index (χ4v) is 0.186. The van der Waals surface area contributed by atoms with Crippen LogP contribution in [-0.2, 0) is 24.0 Å². The Morgan fingerprint density at radius 2 is 1.67 bits per heavy atom. The van der Waals surface area contributed by atoms with E-state index in [0.717, 1.165) is 0 Å². The van der Waals surface area contributed by atoms with Crippen molar-refractivity contribution in [2.75, 3.05) is 0 Å². The first-order valence-electron chi connectivity index (χ1n) is 2.08. The van der Waals surface area contributed by atoms with Crippen molar-refractivity contribution >= 4 is 19.3 Å². The smallest absolute Gasteiger partial charge is 0.539 e. The monoisotopic (exact) mass is 176 g/mol. The number of carboxylic acid groups (broad SMARTS) is 1. The van der Waals surface area contributed by atoms with E-state index in [1.54, 1.807) is 0 Å². The van der Waals surface area contributed by atoms with E-state index in [4.69, 9.17) is 0 Å². The number of rotatable bonds is 3. The second-order valence-corrected chi connectivity index (χ2v) is 1.16. The summed E-state index contributed by atoms with van der Waals surface area (Å²) >= 11 is 0. The van der Waals surface area contributed by atoms with Crippen LogP contribution in [0.15, 0.2) is 0 Å². The molecule has 62 valence electrons. The number of aliphatic carboxylic acids is 1. The summed E-state index contributed by atoms with van der Waals surface area (Å²) in [4.78, 5) is 24.4. The van der Waals surface area contributed by atoms with E-state index in [1.165, 1.54) is 0 Å². The maximum atomic E-state index is 10.9. The van der Waals surface area contributed by atoms with E-state index < -0.39 is 19.3 Å². The number of carbonyl (C=O) groups excluding carboxylic acids is 2. The molecular weight excluding hydrogens is 176 g/mol. The molecule has 12 heavy (non-hydrogen) atoms. The van der Waals surface area contributed by atoms with Crippen LogP contribution in [0.1, 0.15) is 0 Å². The average molecular weight is 176 g/mol. The van der Waals surface area contributed by atoms with Gasteiger partial charge in [0.25, 0.3) is 0 Å². The third-order valence-electron chi connectivity index (χ3n) is 0.515. The summed E-state index contributed by atoms with van der Waals surface area (Å²) in [6.07, 6.45) is 0. The minimum absolute atomic E-state index is 0. The summed E-state index contributed by atoms with van der Waals surface area (Å²) in [5.41, 5.74) is 0. The zero-order valence-electron chi connectivity index (χ0n) is 5.78. The first-order chi connectivity index (χ1) is 5.11. The van der Waals surface area contributed by atoms with Crippen molar-refractivity contribution in [3.05, 3.63) is 0 Å². The molecule has 0 spiro atoms. The molecule has 0 aromatic heterocycles. The average Bonchev–Trinajstić information content (AvgIpc) is 1.99. The van der Waals surface area contributed by atoms with Crippen LogP contribution in [-0.4, -0.2) is 19.3 Å². The number of hydrogen-bond acceptors (Lipinski definition) is 6. The van der Waals surface area contributed by atoms with Crippen molar-refractivity contribution < 1.29 is 57.0 Å². The molecule has 0 heterocycles. The Hall–Kier alpha value is -0.618. The first-order valence-corrected chi connectivity index (χ1v) is 2.08. The quantitative estimate of drug-likeness (QED) is 0.316. The molecule has 0 aliphatic rings. The Balaban J connectivity index is 0. The van der Waals surface area contributed by atoms with Gasteiger partial charge in [-0.1, -0.05) is 9.05 Å². The SMILES string of the molecule is O=C([O-])C(=O)OB(OF)OF.[Li+]. The van der Waals surface area contributed by atoms with Gasteiger partial charge in [-0.2, -0.15) is 9.72 Å². The fourth-order valence-electron chi connectivity index (χ4n) is 0.186. The van der Waals surface area contributed by atoms with Crippen LogP contribution in [0.5, 0.6) is 0 Å². The van der Waals surface area contributed by atoms with Crippen LogP contribution in [0, 0.1) is 0 Å². The summed E-state index contributed by atoms with van der Waals surface area (Å²) < 4.78 is 25.2. The van der Waals surface area contributed by atoms with Gasteiger partial charge in [0.1, 0.15) is 0 Å². The summed E-state index contributed by atoms with van der Waals surface area (Å²) in [6.45, 7) is 0. The Labute approximate surface area is 76.9 Å². The van der Waals surface area contributed by atoms with Crippen LogP contribution >= 0.6 is 0 Å². The Morgan fingerprint density at radius 3 is 1.92 bits per heavy atom. The van der Waals surface area contributed by atoms with Crippen molar-refractivity contribution in [3.8, 4) is 0 Å². The molecule has 6 nitrogen and oxygen atoms in total. The first kappa shape index (κ1) is 13.9. The second-order valence-electron chi connectivity index (χ2n) is 1.16. The van der Waals surface area contributed by atoms with Gasteiger partial charge in [0.15, 0.2) is 5.97 Å². The summed E-state index contributed by atoms with van der Waals surface area (Å²) in [5.74, 6) is -4.28. The molecule has 0 fully saturated rings. The zero-order chi connectivity index (χ0) is 8.85. The van der Waals surface area contributed by atoms with E-state index in [1.807, 2.05) is 0 Å². The van der Waals surface area contributed by atoms with Gasteiger partial charge in [-0.05, 0) is 0 Å². The van der Waals surface area contributed by atoms with Gasteiger partial charge < -0.3 is 14.6 Å². The van der Waals surface area contributed by atoms with Gasteiger partial charge in [0.05, 0.1) is 0 Å². The molecule has 0 aliphatic carbocycles.